The summed E-state index contributed by atoms with van der Waals surface area (Å²) in [4.78, 5) is 20.0. The molecule has 0 aliphatic heterocycles. The van der Waals surface area contributed by atoms with E-state index in [1.165, 1.54) is 0 Å². The van der Waals surface area contributed by atoms with E-state index in [0.717, 1.165) is 0 Å². The van der Waals surface area contributed by atoms with Crippen molar-refractivity contribution in [3.05, 3.63) is 4.91 Å². The number of primary amides is 1. The predicted octanol–water partition coefficient (Wildman–Crippen LogP) is 0.0718. The normalized spacial score (nSPS) is 7.90. The van der Waals surface area contributed by atoms with Crippen molar-refractivity contribution >= 4 is 6.03 Å². The minimum absolute atomic E-state index is 0.0787. The molecule has 0 bridgehead atoms. The molecule has 0 atom stereocenters. The lowest BCUT2D eigenvalue weighted by atomic mass is 10.4. The van der Waals surface area contributed by atoms with E-state index in [4.69, 9.17) is 12.2 Å². The molecule has 10 heavy (non-hydrogen) atoms. The van der Waals surface area contributed by atoms with Gasteiger partial charge in [0.05, 0.1) is 11.8 Å². The summed E-state index contributed by atoms with van der Waals surface area (Å²) in [5.41, 5.74) is 4.71. The Bertz CT molecular complexity index is 172. The molecule has 0 aromatic carbocycles. The van der Waals surface area contributed by atoms with Crippen LogP contribution < -0.4 is 5.73 Å². The highest BCUT2D eigenvalue weighted by molar-refractivity contribution is 5.71. The molecule has 0 saturated carbocycles. The summed E-state index contributed by atoms with van der Waals surface area (Å²) >= 11 is 0. The van der Waals surface area contributed by atoms with E-state index in [1.54, 1.807) is 0 Å². The van der Waals surface area contributed by atoms with Gasteiger partial charge in [0.15, 0.2) is 0 Å². The third kappa shape index (κ3) is 2.67. The van der Waals surface area contributed by atoms with Crippen molar-refractivity contribution in [2.45, 2.75) is 6.42 Å². The van der Waals surface area contributed by atoms with E-state index in [9.17, 15) is 9.70 Å². The molecule has 5 heteroatoms. The molecule has 0 rings (SSSR count). The fraction of sp³-hybridized carbons (Fsp3) is 0.400. The Balaban J connectivity index is 3.74. The summed E-state index contributed by atoms with van der Waals surface area (Å²) in [5, 5.41) is 2.91. The number of hydrogen-bond donors (Lipinski definition) is 1. The Hall–Kier alpha value is -1.57. The molecule has 0 unspecified atom stereocenters. The van der Waals surface area contributed by atoms with Crippen LogP contribution in [0.3, 0.4) is 0 Å². The third-order valence-electron chi connectivity index (χ3n) is 0.821. The summed E-state index contributed by atoms with van der Waals surface area (Å²) < 4.78 is 0. The monoisotopic (exact) mass is 141 g/mol. The Kier molecular flexibility index (Phi) is 3.64. The first-order valence-electron chi connectivity index (χ1n) is 2.56. The van der Waals surface area contributed by atoms with Crippen LogP contribution in [-0.4, -0.2) is 17.6 Å². The second-order valence-corrected chi connectivity index (χ2v) is 1.50. The zero-order chi connectivity index (χ0) is 7.98. The third-order valence-corrected chi connectivity index (χ3v) is 0.821. The first-order chi connectivity index (χ1) is 4.72. The van der Waals surface area contributed by atoms with Gasteiger partial charge in [-0.05, 0) is 0 Å². The fourth-order valence-electron chi connectivity index (χ4n) is 0.362. The molecule has 0 radical (unpaired) electrons. The summed E-state index contributed by atoms with van der Waals surface area (Å²) in [6.07, 6.45) is 5.13. The van der Waals surface area contributed by atoms with Crippen LogP contribution in [0.1, 0.15) is 6.42 Å². The van der Waals surface area contributed by atoms with Crippen molar-refractivity contribution in [3.63, 3.8) is 0 Å². The number of terminal acetylenes is 1. The number of nitroso groups, excluding NO2 is 1. The van der Waals surface area contributed by atoms with Crippen LogP contribution in [0, 0.1) is 17.3 Å². The molecule has 54 valence electrons. The van der Waals surface area contributed by atoms with E-state index >= 15 is 0 Å². The van der Waals surface area contributed by atoms with Crippen LogP contribution in [-0.2, 0) is 0 Å². The lowest BCUT2D eigenvalue weighted by molar-refractivity contribution is 0.210. The fourth-order valence-corrected chi connectivity index (χ4v) is 0.362. The molecule has 2 N–H and O–H groups in total. The molecule has 0 aliphatic carbocycles. The van der Waals surface area contributed by atoms with E-state index < -0.39 is 6.03 Å². The van der Waals surface area contributed by atoms with E-state index in [1.807, 2.05) is 0 Å². The molecule has 2 amide bonds. The quantitative estimate of drug-likeness (QED) is 0.343. The van der Waals surface area contributed by atoms with Crippen molar-refractivity contribution in [3.8, 4) is 12.3 Å². The Labute approximate surface area is 58.1 Å². The average molecular weight is 141 g/mol. The van der Waals surface area contributed by atoms with Crippen molar-refractivity contribution < 1.29 is 4.79 Å². The topological polar surface area (TPSA) is 75.8 Å². The van der Waals surface area contributed by atoms with E-state index in [2.05, 4.69) is 11.2 Å². The minimum atomic E-state index is -0.884. The molecule has 0 saturated heterocycles. The van der Waals surface area contributed by atoms with Gasteiger partial charge in [0, 0.05) is 6.42 Å². The highest BCUT2D eigenvalue weighted by atomic mass is 16.3. The van der Waals surface area contributed by atoms with Crippen molar-refractivity contribution in [1.82, 2.24) is 5.01 Å². The average Bonchev–Trinajstić information content (AvgIpc) is 1.89. The Morgan fingerprint density at radius 3 is 2.70 bits per heavy atom. The van der Waals surface area contributed by atoms with Crippen molar-refractivity contribution in [2.75, 3.05) is 6.54 Å². The van der Waals surface area contributed by atoms with Gasteiger partial charge in [-0.3, -0.25) is 0 Å². The SMILES string of the molecule is C#CCCN(N=O)C(N)=O. The van der Waals surface area contributed by atoms with Gasteiger partial charge < -0.3 is 5.73 Å². The molecule has 0 spiro atoms. The maximum Gasteiger partial charge on any atom is 0.337 e. The van der Waals surface area contributed by atoms with Crippen LogP contribution in [0.15, 0.2) is 5.29 Å². The van der Waals surface area contributed by atoms with Gasteiger partial charge in [0.1, 0.15) is 0 Å². The molecule has 0 aromatic rings. The van der Waals surface area contributed by atoms with Gasteiger partial charge in [0.2, 0.25) is 0 Å². The smallest absolute Gasteiger partial charge is 0.337 e. The van der Waals surface area contributed by atoms with E-state index in [0.29, 0.717) is 5.01 Å². The molecular formula is C5H7N3O2. The zero-order valence-electron chi connectivity index (χ0n) is 5.28. The van der Waals surface area contributed by atoms with Crippen molar-refractivity contribution in [1.29, 1.82) is 0 Å². The molecular weight excluding hydrogens is 134 g/mol. The predicted molar refractivity (Wildman–Crippen MR) is 35.5 cm³/mol. The number of nitrogens with two attached hydrogens (primary N) is 1. The van der Waals surface area contributed by atoms with Gasteiger partial charge in [-0.25, -0.2) is 4.79 Å². The maximum absolute atomic E-state index is 10.2. The van der Waals surface area contributed by atoms with Crippen LogP contribution in [0.5, 0.6) is 0 Å². The van der Waals surface area contributed by atoms with Gasteiger partial charge in [-0.15, -0.1) is 17.3 Å². The zero-order valence-corrected chi connectivity index (χ0v) is 5.28. The number of carbonyl (C=O) groups excluding carboxylic acids is 1. The van der Waals surface area contributed by atoms with Gasteiger partial charge in [-0.1, -0.05) is 0 Å². The van der Waals surface area contributed by atoms with Gasteiger partial charge in [-0.2, -0.15) is 5.01 Å². The molecule has 0 heterocycles. The lowest BCUT2D eigenvalue weighted by Gasteiger charge is -2.05. The summed E-state index contributed by atoms with van der Waals surface area (Å²) in [6.45, 7) is 0.0787. The van der Waals surface area contributed by atoms with Crippen LogP contribution >= 0.6 is 0 Å². The second kappa shape index (κ2) is 4.32. The van der Waals surface area contributed by atoms with Crippen LogP contribution in [0.25, 0.3) is 0 Å². The number of amides is 2. The van der Waals surface area contributed by atoms with Crippen LogP contribution in [0.2, 0.25) is 0 Å². The highest BCUT2D eigenvalue weighted by Crippen LogP contribution is 1.89. The lowest BCUT2D eigenvalue weighted by Crippen LogP contribution is -2.31. The summed E-state index contributed by atoms with van der Waals surface area (Å²) in [7, 11) is 0. The summed E-state index contributed by atoms with van der Waals surface area (Å²) in [6, 6.07) is -0.884. The molecule has 5 nitrogen and oxygen atoms in total. The number of hydrogen-bond acceptors (Lipinski definition) is 3. The largest absolute Gasteiger partial charge is 0.350 e. The number of rotatable bonds is 3. The Morgan fingerprint density at radius 1 is 1.80 bits per heavy atom. The molecule has 0 aromatic heterocycles. The van der Waals surface area contributed by atoms with Gasteiger partial charge >= 0.3 is 6.03 Å². The Morgan fingerprint density at radius 2 is 2.40 bits per heavy atom. The minimum Gasteiger partial charge on any atom is -0.350 e. The second-order valence-electron chi connectivity index (χ2n) is 1.50. The van der Waals surface area contributed by atoms with Crippen LogP contribution in [0.4, 0.5) is 4.79 Å². The molecule has 0 aliphatic rings. The highest BCUT2D eigenvalue weighted by Gasteiger charge is 2.06. The maximum atomic E-state index is 10.2. The van der Waals surface area contributed by atoms with E-state index in [-0.39, 0.29) is 13.0 Å². The molecule has 0 fully saturated rings. The number of urea groups is 1. The number of nitrogens with zero attached hydrogens (tertiary/aromatic N) is 2. The van der Waals surface area contributed by atoms with Crippen molar-refractivity contribution in [2.24, 2.45) is 11.0 Å². The van der Waals surface area contributed by atoms with Gasteiger partial charge in [0.25, 0.3) is 0 Å². The first-order valence-corrected chi connectivity index (χ1v) is 2.56. The first kappa shape index (κ1) is 8.43. The number of carbonyl (C=O) groups is 1. The standard InChI is InChI=1S/C5H7N3O2/c1-2-3-4-8(7-10)5(6)9/h1H,3-4H2,(H2,6,9). The summed E-state index contributed by atoms with van der Waals surface area (Å²) in [5.74, 6) is 2.24.